The van der Waals surface area contributed by atoms with Crippen LogP contribution in [0.15, 0.2) is 58.7 Å². The fourth-order valence-electron chi connectivity index (χ4n) is 6.21. The van der Waals surface area contributed by atoms with Crippen molar-refractivity contribution in [2.45, 2.75) is 68.9 Å². The van der Waals surface area contributed by atoms with Crippen LogP contribution < -0.4 is 31.7 Å². The molecule has 0 spiro atoms. The van der Waals surface area contributed by atoms with Gasteiger partial charge in [-0.2, -0.15) is 9.81 Å². The Morgan fingerprint density at radius 1 is 1.13 bits per heavy atom. The van der Waals surface area contributed by atoms with E-state index in [1.54, 1.807) is 26.0 Å². The maximum Gasteiger partial charge on any atom is 0.323 e. The predicted octanol–water partition coefficient (Wildman–Crippen LogP) is 2.40. The van der Waals surface area contributed by atoms with Gasteiger partial charge in [-0.05, 0) is 55.5 Å². The lowest BCUT2D eigenvalue weighted by Crippen LogP contribution is -2.54. The van der Waals surface area contributed by atoms with Gasteiger partial charge in [0, 0.05) is 55.3 Å². The molecule has 3 aromatic rings. The summed E-state index contributed by atoms with van der Waals surface area (Å²) in [4.78, 5) is 75.8. The molecule has 0 saturated carbocycles. The van der Waals surface area contributed by atoms with E-state index in [1.165, 1.54) is 36.8 Å². The number of carbonyl (C=O) groups excluding carboxylic acids is 5. The molecule has 60 heavy (non-hydrogen) atoms. The molecule has 2 unspecified atom stereocenters. The second kappa shape index (κ2) is 19.5. The Morgan fingerprint density at radius 2 is 1.88 bits per heavy atom. The van der Waals surface area contributed by atoms with Gasteiger partial charge in [-0.1, -0.05) is 18.9 Å². The largest absolute Gasteiger partial charge is 0.404 e. The summed E-state index contributed by atoms with van der Waals surface area (Å²) in [5.41, 5.74) is 5.41. The number of carbonyl (C=O) groups is 5. The van der Waals surface area contributed by atoms with Crippen LogP contribution in [0.3, 0.4) is 0 Å². The molecule has 3 heterocycles. The van der Waals surface area contributed by atoms with Gasteiger partial charge in [0.2, 0.25) is 28.6 Å². The number of amides is 5. The number of aliphatic imine (C=N–C) groups is 1. The quantitative estimate of drug-likeness (QED) is 0.0372. The van der Waals surface area contributed by atoms with Gasteiger partial charge < -0.3 is 26.8 Å². The van der Waals surface area contributed by atoms with Crippen molar-refractivity contribution in [2.24, 2.45) is 10.7 Å². The van der Waals surface area contributed by atoms with Crippen molar-refractivity contribution in [1.29, 1.82) is 5.26 Å². The van der Waals surface area contributed by atoms with Gasteiger partial charge in [-0.15, -0.1) is 4.72 Å². The van der Waals surface area contributed by atoms with Gasteiger partial charge in [0.1, 0.15) is 12.1 Å². The van der Waals surface area contributed by atoms with Crippen molar-refractivity contribution in [1.82, 2.24) is 30.2 Å². The number of nitrogens with one attached hydrogen (secondary N) is 5. The highest BCUT2D eigenvalue weighted by atomic mass is 32.3. The number of halogens is 1. The van der Waals surface area contributed by atoms with Gasteiger partial charge in [0.15, 0.2) is 5.82 Å². The number of fused-ring (bicyclic) bond motifs is 1. The molecule has 316 valence electrons. The maximum atomic E-state index is 15.2. The molecule has 0 bridgehead atoms. The predicted molar refractivity (Wildman–Crippen MR) is 218 cm³/mol. The van der Waals surface area contributed by atoms with Gasteiger partial charge in [-0.3, -0.25) is 39.2 Å². The summed E-state index contributed by atoms with van der Waals surface area (Å²) in [6.07, 6.45) is 6.24. The number of rotatable bonds is 19. The highest BCUT2D eigenvalue weighted by Gasteiger charge is 2.45. The topological polar surface area (TPSA) is 294 Å². The van der Waals surface area contributed by atoms with E-state index in [-0.39, 0.29) is 88.6 Å². The van der Waals surface area contributed by atoms with Crippen LogP contribution in [0.5, 0.6) is 0 Å². The Morgan fingerprint density at radius 3 is 2.57 bits per heavy atom. The van der Waals surface area contributed by atoms with E-state index in [4.69, 9.17) is 5.73 Å². The number of hydrogen-bond acceptors (Lipinski definition) is 14. The summed E-state index contributed by atoms with van der Waals surface area (Å²) in [7, 11) is -3.81. The normalized spacial score (nSPS) is 16.6. The van der Waals surface area contributed by atoms with Crippen molar-refractivity contribution in [2.75, 3.05) is 36.8 Å². The third kappa shape index (κ3) is 11.2. The molecule has 2 aliphatic rings. The van der Waals surface area contributed by atoms with Crippen LogP contribution in [-0.2, 0) is 29.0 Å². The second-order valence-corrected chi connectivity index (χ2v) is 16.3. The van der Waals surface area contributed by atoms with E-state index in [0.717, 1.165) is 11.0 Å². The monoisotopic (exact) mass is 846 g/mol. The molecule has 2 aliphatic heterocycles. The smallest absolute Gasteiger partial charge is 0.323 e. The van der Waals surface area contributed by atoms with Gasteiger partial charge in [-0.25, -0.2) is 14.4 Å². The molecule has 1 saturated heterocycles. The number of anilines is 3. The number of hydrogen-bond donors (Lipinski definition) is 8. The van der Waals surface area contributed by atoms with Crippen molar-refractivity contribution >= 4 is 69.0 Å². The zero-order chi connectivity index (χ0) is 43.6. The number of aromatic nitrogens is 2. The molecule has 19 nitrogen and oxygen atoms in total. The summed E-state index contributed by atoms with van der Waals surface area (Å²) in [6, 6.07) is 8.85. The summed E-state index contributed by atoms with van der Waals surface area (Å²) in [5, 5.41) is 30.0. The van der Waals surface area contributed by atoms with Gasteiger partial charge >= 0.3 is 10.4 Å². The lowest BCUT2D eigenvalue weighted by atomic mass is 10.0. The fourth-order valence-corrected chi connectivity index (χ4v) is 7.31. The number of benzene rings is 2. The molecular formula is C39H45FN11O8S+. The third-order valence-corrected chi connectivity index (χ3v) is 10.7. The van der Waals surface area contributed by atoms with Crippen LogP contribution in [0, 0.1) is 17.1 Å². The number of nitriles is 1. The zero-order valence-corrected chi connectivity index (χ0v) is 33.6. The Labute approximate surface area is 345 Å². The Hall–Kier alpha value is -6.47. The Bertz CT molecular complexity index is 2320. The fraction of sp³-hybridized carbons (Fsp3) is 0.359. The second-order valence-electron chi connectivity index (χ2n) is 14.5. The number of aliphatic hydroxyl groups is 1. The van der Waals surface area contributed by atoms with Crippen molar-refractivity contribution in [3.05, 3.63) is 77.0 Å². The van der Waals surface area contributed by atoms with Crippen LogP contribution in [0.1, 0.15) is 84.3 Å². The summed E-state index contributed by atoms with van der Waals surface area (Å²) < 4.78 is 41.3. The van der Waals surface area contributed by atoms with Crippen LogP contribution in [0.4, 0.5) is 21.7 Å². The Kier molecular flexibility index (Phi) is 14.5. The number of nitrogens with two attached hydrogens (primary N) is 1. The first-order valence-electron chi connectivity index (χ1n) is 18.9. The van der Waals surface area contributed by atoms with Crippen molar-refractivity contribution in [3.8, 4) is 6.07 Å². The molecule has 0 aliphatic carbocycles. The van der Waals surface area contributed by atoms with E-state index in [1.807, 2.05) is 6.07 Å². The van der Waals surface area contributed by atoms with E-state index in [9.17, 15) is 43.1 Å². The third-order valence-electron chi connectivity index (χ3n) is 9.21. The molecule has 0 radical (unpaired) electrons. The highest BCUT2D eigenvalue weighted by Crippen LogP contribution is 2.32. The Balaban J connectivity index is 1.03. The first-order chi connectivity index (χ1) is 28.5. The van der Waals surface area contributed by atoms with E-state index >= 15 is 4.39 Å². The SMILES string of the molecule is CC(C)(O)CN=C/C(=C\N)c1nc(Nc2ccc([S+](=O)(O)NCCCCCCNC(=O)CNc3cccc4c3C(=O)N(C3CCC(=O)NC3=O)C4=O)cc2F)ncc1C#N. The molecule has 9 N–H and O–H groups in total. The molecule has 5 amide bonds. The average Bonchev–Trinajstić information content (AvgIpc) is 3.45. The lowest BCUT2D eigenvalue weighted by molar-refractivity contribution is -0.136. The molecule has 1 aromatic heterocycles. The standard InChI is InChI=1S/C39H44FN11O8S/c1-39(2,57)22-43-19-23(17-41)34-24(18-42)20-46-38(50-34)48-28-11-10-25(16-27(28)40)60(58,59)47-15-6-4-3-5-14-44-32(53)21-45-29-9-7-8-26-33(29)37(56)51(36(26)55)30-12-13-31(52)49-35(30)54/h7-11,16-17,19-20,30,57H,3-6,12-15,21-22H2,1-2H3,(H7-,41,43,44,45,46,47,48,49,50,52,53,54,56,58,59)/p+1. The first kappa shape index (κ1) is 44.6. The molecule has 5 rings (SSSR count). The van der Waals surface area contributed by atoms with Crippen molar-refractivity contribution in [3.63, 3.8) is 0 Å². The number of unbranched alkanes of at least 4 members (excludes halogenated alkanes) is 3. The number of imide groups is 2. The maximum absolute atomic E-state index is 15.2. The van der Waals surface area contributed by atoms with Crippen LogP contribution in [0.25, 0.3) is 5.57 Å². The molecule has 21 heteroatoms. The van der Waals surface area contributed by atoms with Crippen LogP contribution in [0.2, 0.25) is 0 Å². The van der Waals surface area contributed by atoms with Crippen LogP contribution in [-0.4, -0.2) is 98.1 Å². The number of allylic oxidation sites excluding steroid dienone is 1. The van der Waals surface area contributed by atoms with Crippen LogP contribution >= 0.6 is 0 Å². The van der Waals surface area contributed by atoms with E-state index in [0.29, 0.717) is 32.2 Å². The van der Waals surface area contributed by atoms with Crippen molar-refractivity contribution < 1.29 is 42.2 Å². The van der Waals surface area contributed by atoms with E-state index < -0.39 is 51.5 Å². The first-order valence-corrected chi connectivity index (χ1v) is 20.4. The number of nitrogens with zero attached hydrogens (tertiary/aromatic N) is 5. The summed E-state index contributed by atoms with van der Waals surface area (Å²) >= 11 is 0. The van der Waals surface area contributed by atoms with Gasteiger partial charge in [0.05, 0.1) is 53.0 Å². The highest BCUT2D eigenvalue weighted by molar-refractivity contribution is 7.95. The van der Waals surface area contributed by atoms with E-state index in [2.05, 4.69) is 40.9 Å². The number of piperidine rings is 1. The lowest BCUT2D eigenvalue weighted by Gasteiger charge is -2.27. The molecule has 2 aromatic carbocycles. The average molecular weight is 847 g/mol. The summed E-state index contributed by atoms with van der Waals surface area (Å²) in [5.74, 6) is -3.84. The molecule has 2 atom stereocenters. The minimum absolute atomic E-state index is 0.00297. The molecule has 1 fully saturated rings. The minimum Gasteiger partial charge on any atom is -0.404 e. The minimum atomic E-state index is -3.81. The summed E-state index contributed by atoms with van der Waals surface area (Å²) in [6.45, 7) is 3.51. The zero-order valence-electron chi connectivity index (χ0n) is 32.8. The molecular weight excluding hydrogens is 802 g/mol. The van der Waals surface area contributed by atoms with Gasteiger partial charge in [0.25, 0.3) is 11.8 Å².